The molecule has 1 aromatic carbocycles. The van der Waals surface area contributed by atoms with E-state index in [-0.39, 0.29) is 0 Å². The van der Waals surface area contributed by atoms with Crippen LogP contribution in [0.25, 0.3) is 0 Å². The quantitative estimate of drug-likeness (QED) is 0.625. The predicted octanol–water partition coefficient (Wildman–Crippen LogP) is 4.47. The second kappa shape index (κ2) is 8.72. The van der Waals surface area contributed by atoms with Gasteiger partial charge >= 0.3 is 0 Å². The van der Waals surface area contributed by atoms with Crippen molar-refractivity contribution in [2.24, 2.45) is 5.92 Å². The minimum atomic E-state index is 0.665. The molecule has 20 heavy (non-hydrogen) atoms. The minimum absolute atomic E-state index is 0.665. The molecule has 0 aromatic heterocycles. The lowest BCUT2D eigenvalue weighted by Gasteiger charge is -2.14. The topological polar surface area (TPSA) is 27.7 Å². The van der Waals surface area contributed by atoms with Crippen LogP contribution in [0.3, 0.4) is 0 Å². The SMILES string of the molecule is CCC(C)CCCCc1cc(OC)c(OC)c(OC)c1. The Morgan fingerprint density at radius 1 is 0.950 bits per heavy atom. The third-order valence-corrected chi connectivity index (χ3v) is 3.83. The van der Waals surface area contributed by atoms with Gasteiger partial charge in [-0.25, -0.2) is 0 Å². The van der Waals surface area contributed by atoms with Crippen LogP contribution in [0.5, 0.6) is 17.2 Å². The van der Waals surface area contributed by atoms with Gasteiger partial charge in [0.05, 0.1) is 21.3 Å². The molecule has 0 aliphatic rings. The molecule has 3 heteroatoms. The van der Waals surface area contributed by atoms with E-state index >= 15 is 0 Å². The van der Waals surface area contributed by atoms with E-state index in [1.807, 2.05) is 12.1 Å². The van der Waals surface area contributed by atoms with Crippen molar-refractivity contribution in [3.63, 3.8) is 0 Å². The van der Waals surface area contributed by atoms with Crippen molar-refractivity contribution >= 4 is 0 Å². The van der Waals surface area contributed by atoms with Crippen LogP contribution in [-0.4, -0.2) is 21.3 Å². The molecule has 0 fully saturated rings. The van der Waals surface area contributed by atoms with E-state index in [1.165, 1.54) is 31.2 Å². The summed E-state index contributed by atoms with van der Waals surface area (Å²) in [7, 11) is 4.94. The molecule has 0 spiro atoms. The van der Waals surface area contributed by atoms with Gasteiger partial charge in [0.25, 0.3) is 0 Å². The highest BCUT2D eigenvalue weighted by Crippen LogP contribution is 2.38. The Hall–Kier alpha value is -1.38. The number of benzene rings is 1. The van der Waals surface area contributed by atoms with Crippen LogP contribution < -0.4 is 14.2 Å². The molecule has 0 amide bonds. The van der Waals surface area contributed by atoms with Gasteiger partial charge in [0, 0.05) is 0 Å². The Kier molecular flexibility index (Phi) is 7.27. The zero-order valence-corrected chi connectivity index (χ0v) is 13.5. The molecule has 3 nitrogen and oxygen atoms in total. The smallest absolute Gasteiger partial charge is 0.203 e. The van der Waals surface area contributed by atoms with Gasteiger partial charge in [-0.2, -0.15) is 0 Å². The lowest BCUT2D eigenvalue weighted by molar-refractivity contribution is 0.323. The first-order valence-electron chi connectivity index (χ1n) is 7.45. The molecule has 0 bridgehead atoms. The van der Waals surface area contributed by atoms with Crippen molar-refractivity contribution < 1.29 is 14.2 Å². The summed E-state index contributed by atoms with van der Waals surface area (Å²) >= 11 is 0. The van der Waals surface area contributed by atoms with E-state index < -0.39 is 0 Å². The van der Waals surface area contributed by atoms with E-state index in [4.69, 9.17) is 14.2 Å². The van der Waals surface area contributed by atoms with Crippen molar-refractivity contribution in [2.45, 2.75) is 46.0 Å². The van der Waals surface area contributed by atoms with Gasteiger partial charge in [0.15, 0.2) is 11.5 Å². The average molecular weight is 280 g/mol. The summed E-state index contributed by atoms with van der Waals surface area (Å²) in [6, 6.07) is 4.09. The van der Waals surface area contributed by atoms with Gasteiger partial charge in [-0.05, 0) is 36.5 Å². The van der Waals surface area contributed by atoms with Gasteiger partial charge in [0.1, 0.15) is 0 Å². The number of unbranched alkanes of at least 4 members (excludes halogenated alkanes) is 1. The van der Waals surface area contributed by atoms with Gasteiger partial charge < -0.3 is 14.2 Å². The molecule has 114 valence electrons. The zero-order chi connectivity index (χ0) is 15.0. The van der Waals surface area contributed by atoms with E-state index in [0.717, 1.165) is 23.8 Å². The second-order valence-electron chi connectivity index (χ2n) is 5.29. The van der Waals surface area contributed by atoms with Crippen LogP contribution >= 0.6 is 0 Å². The first-order valence-corrected chi connectivity index (χ1v) is 7.45. The predicted molar refractivity (Wildman–Crippen MR) is 83.1 cm³/mol. The van der Waals surface area contributed by atoms with Crippen molar-refractivity contribution in [2.75, 3.05) is 21.3 Å². The Morgan fingerprint density at radius 3 is 2.00 bits per heavy atom. The highest BCUT2D eigenvalue weighted by molar-refractivity contribution is 5.53. The molecule has 0 N–H and O–H groups in total. The number of aryl methyl sites for hydroxylation is 1. The summed E-state index contributed by atoms with van der Waals surface area (Å²) in [5.74, 6) is 2.97. The number of hydrogen-bond donors (Lipinski definition) is 0. The molecule has 0 heterocycles. The zero-order valence-electron chi connectivity index (χ0n) is 13.5. The molecular formula is C17H28O3. The number of ether oxygens (including phenoxy) is 3. The van der Waals surface area contributed by atoms with Crippen molar-refractivity contribution in [1.82, 2.24) is 0 Å². The Labute approximate surface area is 123 Å². The summed E-state index contributed by atoms with van der Waals surface area (Å²) in [5.41, 5.74) is 1.24. The fourth-order valence-corrected chi connectivity index (χ4v) is 2.31. The van der Waals surface area contributed by atoms with E-state index in [9.17, 15) is 0 Å². The molecule has 1 unspecified atom stereocenters. The van der Waals surface area contributed by atoms with Crippen LogP contribution in [0.1, 0.15) is 45.1 Å². The Bertz CT molecular complexity index is 376. The number of hydrogen-bond acceptors (Lipinski definition) is 3. The van der Waals surface area contributed by atoms with Crippen LogP contribution in [0.2, 0.25) is 0 Å². The monoisotopic (exact) mass is 280 g/mol. The van der Waals surface area contributed by atoms with Crippen LogP contribution in [0.15, 0.2) is 12.1 Å². The summed E-state index contributed by atoms with van der Waals surface area (Å²) in [5, 5.41) is 0. The average Bonchev–Trinajstić information content (AvgIpc) is 2.49. The van der Waals surface area contributed by atoms with Crippen molar-refractivity contribution in [1.29, 1.82) is 0 Å². The minimum Gasteiger partial charge on any atom is -0.493 e. The summed E-state index contributed by atoms with van der Waals surface area (Å²) in [6.07, 6.45) is 6.09. The molecule has 0 aliphatic carbocycles. The Morgan fingerprint density at radius 2 is 1.55 bits per heavy atom. The maximum absolute atomic E-state index is 5.38. The van der Waals surface area contributed by atoms with E-state index in [0.29, 0.717) is 5.75 Å². The lowest BCUT2D eigenvalue weighted by Crippen LogP contribution is -1.98. The van der Waals surface area contributed by atoms with Crippen LogP contribution in [-0.2, 0) is 6.42 Å². The molecule has 1 rings (SSSR count). The fourth-order valence-electron chi connectivity index (χ4n) is 2.31. The molecule has 0 saturated heterocycles. The first kappa shape index (κ1) is 16.7. The molecule has 1 aromatic rings. The van der Waals surface area contributed by atoms with Crippen molar-refractivity contribution in [3.05, 3.63) is 17.7 Å². The number of methoxy groups -OCH3 is 3. The third kappa shape index (κ3) is 4.62. The molecular weight excluding hydrogens is 252 g/mol. The van der Waals surface area contributed by atoms with Gasteiger partial charge in [-0.1, -0.05) is 33.1 Å². The summed E-state index contributed by atoms with van der Waals surface area (Å²) in [6.45, 7) is 4.57. The maximum Gasteiger partial charge on any atom is 0.203 e. The van der Waals surface area contributed by atoms with Crippen LogP contribution in [0, 0.1) is 5.92 Å². The molecule has 0 radical (unpaired) electrons. The largest absolute Gasteiger partial charge is 0.493 e. The van der Waals surface area contributed by atoms with E-state index in [2.05, 4.69) is 13.8 Å². The third-order valence-electron chi connectivity index (χ3n) is 3.83. The van der Waals surface area contributed by atoms with Gasteiger partial charge in [-0.15, -0.1) is 0 Å². The molecule has 0 saturated carbocycles. The van der Waals surface area contributed by atoms with Gasteiger partial charge in [-0.3, -0.25) is 0 Å². The first-order chi connectivity index (χ1) is 9.65. The lowest BCUT2D eigenvalue weighted by atomic mass is 9.99. The maximum atomic E-state index is 5.38. The van der Waals surface area contributed by atoms with E-state index in [1.54, 1.807) is 21.3 Å². The second-order valence-corrected chi connectivity index (χ2v) is 5.29. The van der Waals surface area contributed by atoms with Crippen LogP contribution in [0.4, 0.5) is 0 Å². The standard InChI is InChI=1S/C17H28O3/c1-6-13(2)9-7-8-10-14-11-15(18-3)17(20-5)16(12-14)19-4/h11-13H,6-10H2,1-5H3. The summed E-state index contributed by atoms with van der Waals surface area (Å²) < 4.78 is 16.1. The molecule has 0 aliphatic heterocycles. The highest BCUT2D eigenvalue weighted by atomic mass is 16.5. The Balaban J connectivity index is 2.66. The fraction of sp³-hybridized carbons (Fsp3) is 0.647. The van der Waals surface area contributed by atoms with Crippen molar-refractivity contribution in [3.8, 4) is 17.2 Å². The highest BCUT2D eigenvalue weighted by Gasteiger charge is 2.12. The normalized spacial score (nSPS) is 12.1. The van der Waals surface area contributed by atoms with Gasteiger partial charge in [0.2, 0.25) is 5.75 Å². The molecule has 1 atom stereocenters. The number of rotatable bonds is 9. The summed E-state index contributed by atoms with van der Waals surface area (Å²) in [4.78, 5) is 0.